The molecule has 0 radical (unpaired) electrons. The zero-order valence-corrected chi connectivity index (χ0v) is 15.8. The van der Waals surface area contributed by atoms with Gasteiger partial charge in [-0.05, 0) is 32.1 Å². The second-order valence-electron chi connectivity index (χ2n) is 7.27. The average Bonchev–Trinajstić information content (AvgIpc) is 3.20. The Hall–Kier alpha value is -1.63. The Morgan fingerprint density at radius 3 is 2.92 bits per heavy atom. The molecule has 3 heterocycles. The average molecular weight is 349 g/mol. The van der Waals surface area contributed by atoms with Gasteiger partial charge in [0.2, 0.25) is 0 Å². The Morgan fingerprint density at radius 2 is 2.20 bits per heavy atom. The van der Waals surface area contributed by atoms with Crippen LogP contribution in [-0.4, -0.2) is 51.5 Å². The number of aromatic nitrogens is 3. The lowest BCUT2D eigenvalue weighted by atomic mass is 9.91. The fourth-order valence-corrected chi connectivity index (χ4v) is 4.38. The predicted octanol–water partition coefficient (Wildman–Crippen LogP) is 2.67. The molecule has 0 aliphatic carbocycles. The van der Waals surface area contributed by atoms with Crippen LogP contribution in [0, 0.1) is 0 Å². The van der Waals surface area contributed by atoms with Gasteiger partial charge in [0.15, 0.2) is 5.82 Å². The second-order valence-corrected chi connectivity index (χ2v) is 7.27. The standard InChI is InChI=1S/C18H31N5O2/c1-4-9-18(13-25-3)10-7-11-22(18)17(24)19-14-8-6-12-23-16(14)20-15(5-2)21-23/h14H,4-13H2,1-3H3,(H,19,24)/t14-,18-/m0/s1. The molecule has 2 aliphatic rings. The highest BCUT2D eigenvalue weighted by molar-refractivity contribution is 5.76. The van der Waals surface area contributed by atoms with Crippen molar-refractivity contribution >= 4 is 6.03 Å². The minimum absolute atomic E-state index is 0.0162. The van der Waals surface area contributed by atoms with E-state index >= 15 is 0 Å². The van der Waals surface area contributed by atoms with Crippen molar-refractivity contribution < 1.29 is 9.53 Å². The van der Waals surface area contributed by atoms with E-state index in [1.807, 2.05) is 9.58 Å². The van der Waals surface area contributed by atoms with E-state index in [-0.39, 0.29) is 17.6 Å². The van der Waals surface area contributed by atoms with Gasteiger partial charge >= 0.3 is 6.03 Å². The molecule has 2 amide bonds. The summed E-state index contributed by atoms with van der Waals surface area (Å²) >= 11 is 0. The summed E-state index contributed by atoms with van der Waals surface area (Å²) < 4.78 is 7.44. The number of likely N-dealkylation sites (tertiary alicyclic amines) is 1. The maximum absolute atomic E-state index is 13.1. The molecule has 3 rings (SSSR count). The van der Waals surface area contributed by atoms with Crippen LogP contribution in [0.3, 0.4) is 0 Å². The fourth-order valence-electron chi connectivity index (χ4n) is 4.38. The molecular weight excluding hydrogens is 318 g/mol. The van der Waals surface area contributed by atoms with Gasteiger partial charge in [0.25, 0.3) is 0 Å². The van der Waals surface area contributed by atoms with Crippen LogP contribution in [0.2, 0.25) is 0 Å². The quantitative estimate of drug-likeness (QED) is 0.857. The largest absolute Gasteiger partial charge is 0.382 e. The number of aryl methyl sites for hydroxylation is 2. The molecule has 1 saturated heterocycles. The molecule has 1 aromatic heterocycles. The molecule has 1 aromatic rings. The summed E-state index contributed by atoms with van der Waals surface area (Å²) in [4.78, 5) is 19.7. The summed E-state index contributed by atoms with van der Waals surface area (Å²) in [7, 11) is 1.72. The van der Waals surface area contributed by atoms with E-state index in [0.29, 0.717) is 6.61 Å². The SMILES string of the molecule is CCC[C@@]1(COC)CCCN1C(=O)N[C@H]1CCCn2nc(CC)nc21. The van der Waals surface area contributed by atoms with Gasteiger partial charge in [-0.2, -0.15) is 5.10 Å². The summed E-state index contributed by atoms with van der Waals surface area (Å²) in [5.74, 6) is 1.76. The van der Waals surface area contributed by atoms with E-state index in [9.17, 15) is 4.79 Å². The van der Waals surface area contributed by atoms with E-state index in [0.717, 1.165) is 69.7 Å². The van der Waals surface area contributed by atoms with Gasteiger partial charge in [-0.25, -0.2) is 14.5 Å². The Morgan fingerprint density at radius 1 is 1.36 bits per heavy atom. The lowest BCUT2D eigenvalue weighted by molar-refractivity contribution is 0.0489. The van der Waals surface area contributed by atoms with Crippen molar-refractivity contribution in [2.24, 2.45) is 0 Å². The molecule has 0 aromatic carbocycles. The third kappa shape index (κ3) is 3.52. The topological polar surface area (TPSA) is 72.3 Å². The van der Waals surface area contributed by atoms with Gasteiger partial charge in [0.05, 0.1) is 18.2 Å². The lowest BCUT2D eigenvalue weighted by Crippen LogP contribution is -2.54. The van der Waals surface area contributed by atoms with E-state index in [1.165, 1.54) is 0 Å². The Balaban J connectivity index is 1.75. The van der Waals surface area contributed by atoms with Crippen molar-refractivity contribution in [2.75, 3.05) is 20.3 Å². The van der Waals surface area contributed by atoms with Crippen LogP contribution in [-0.2, 0) is 17.7 Å². The summed E-state index contributed by atoms with van der Waals surface area (Å²) in [6.07, 6.45) is 6.84. The summed E-state index contributed by atoms with van der Waals surface area (Å²) in [6.45, 7) is 6.52. The van der Waals surface area contributed by atoms with Crippen molar-refractivity contribution in [3.63, 3.8) is 0 Å². The van der Waals surface area contributed by atoms with Crippen LogP contribution in [0.25, 0.3) is 0 Å². The van der Waals surface area contributed by atoms with E-state index in [1.54, 1.807) is 7.11 Å². The molecule has 0 bridgehead atoms. The third-order valence-electron chi connectivity index (χ3n) is 5.50. The summed E-state index contributed by atoms with van der Waals surface area (Å²) in [5.41, 5.74) is -0.162. The molecular formula is C18H31N5O2. The van der Waals surface area contributed by atoms with Crippen LogP contribution in [0.5, 0.6) is 0 Å². The Kier molecular flexibility index (Phi) is 5.61. The fraction of sp³-hybridized carbons (Fsp3) is 0.833. The van der Waals surface area contributed by atoms with Crippen molar-refractivity contribution in [1.82, 2.24) is 25.0 Å². The molecule has 1 fully saturated rings. The van der Waals surface area contributed by atoms with E-state index in [2.05, 4.69) is 29.2 Å². The van der Waals surface area contributed by atoms with Crippen molar-refractivity contribution in [3.05, 3.63) is 11.6 Å². The molecule has 140 valence electrons. The monoisotopic (exact) mass is 349 g/mol. The zero-order chi connectivity index (χ0) is 17.9. The smallest absolute Gasteiger partial charge is 0.318 e. The number of carbonyl (C=O) groups is 1. The molecule has 0 unspecified atom stereocenters. The number of carbonyl (C=O) groups excluding carboxylic acids is 1. The number of hydrogen-bond acceptors (Lipinski definition) is 4. The van der Waals surface area contributed by atoms with Gasteiger partial charge in [0, 0.05) is 26.6 Å². The van der Waals surface area contributed by atoms with Crippen LogP contribution in [0.4, 0.5) is 4.79 Å². The molecule has 25 heavy (non-hydrogen) atoms. The first-order chi connectivity index (χ1) is 12.1. The number of ether oxygens (including phenoxy) is 1. The minimum atomic E-state index is -0.162. The van der Waals surface area contributed by atoms with Crippen LogP contribution in [0.15, 0.2) is 0 Å². The highest BCUT2D eigenvalue weighted by Gasteiger charge is 2.43. The summed E-state index contributed by atoms with van der Waals surface area (Å²) in [5, 5.41) is 7.77. The number of rotatable bonds is 6. The van der Waals surface area contributed by atoms with Gasteiger partial charge in [-0.3, -0.25) is 0 Å². The van der Waals surface area contributed by atoms with Gasteiger partial charge in [-0.1, -0.05) is 20.3 Å². The molecule has 1 N–H and O–H groups in total. The highest BCUT2D eigenvalue weighted by Crippen LogP contribution is 2.34. The van der Waals surface area contributed by atoms with E-state index in [4.69, 9.17) is 4.74 Å². The number of urea groups is 1. The normalized spacial score (nSPS) is 25.9. The van der Waals surface area contributed by atoms with Crippen LogP contribution < -0.4 is 5.32 Å². The number of fused-ring (bicyclic) bond motifs is 1. The second kappa shape index (κ2) is 7.72. The number of methoxy groups -OCH3 is 1. The lowest BCUT2D eigenvalue weighted by Gasteiger charge is -2.39. The Bertz CT molecular complexity index is 594. The van der Waals surface area contributed by atoms with Crippen molar-refractivity contribution in [3.8, 4) is 0 Å². The van der Waals surface area contributed by atoms with Crippen molar-refractivity contribution in [2.45, 2.75) is 76.9 Å². The van der Waals surface area contributed by atoms with Crippen LogP contribution >= 0.6 is 0 Å². The molecule has 2 atom stereocenters. The third-order valence-corrected chi connectivity index (χ3v) is 5.50. The van der Waals surface area contributed by atoms with Crippen molar-refractivity contribution in [1.29, 1.82) is 0 Å². The molecule has 0 spiro atoms. The maximum atomic E-state index is 13.1. The maximum Gasteiger partial charge on any atom is 0.318 e. The number of hydrogen-bond donors (Lipinski definition) is 1. The first kappa shape index (κ1) is 18.2. The highest BCUT2D eigenvalue weighted by atomic mass is 16.5. The minimum Gasteiger partial charge on any atom is -0.382 e. The summed E-state index contributed by atoms with van der Waals surface area (Å²) in [6, 6.07) is -0.0287. The first-order valence-electron chi connectivity index (χ1n) is 9.64. The van der Waals surface area contributed by atoms with Gasteiger partial charge in [0.1, 0.15) is 5.82 Å². The van der Waals surface area contributed by atoms with Crippen LogP contribution in [0.1, 0.15) is 70.1 Å². The molecule has 7 nitrogen and oxygen atoms in total. The van der Waals surface area contributed by atoms with E-state index < -0.39 is 0 Å². The predicted molar refractivity (Wildman–Crippen MR) is 95.4 cm³/mol. The number of nitrogens with one attached hydrogen (secondary N) is 1. The van der Waals surface area contributed by atoms with Gasteiger partial charge in [-0.15, -0.1) is 0 Å². The number of nitrogens with zero attached hydrogens (tertiary/aromatic N) is 4. The first-order valence-corrected chi connectivity index (χ1v) is 9.64. The Labute approximate surface area is 150 Å². The molecule has 0 saturated carbocycles. The zero-order valence-electron chi connectivity index (χ0n) is 15.8. The number of amides is 2. The molecule has 2 aliphatic heterocycles. The molecule has 7 heteroatoms. The van der Waals surface area contributed by atoms with Gasteiger partial charge < -0.3 is 15.0 Å².